The van der Waals surface area contributed by atoms with Gasteiger partial charge in [0.25, 0.3) is 10.2 Å². The molecular weight excluding hydrogens is 362 g/mol. The number of benzene rings is 1. The van der Waals surface area contributed by atoms with E-state index in [0.29, 0.717) is 45.7 Å². The van der Waals surface area contributed by atoms with E-state index in [9.17, 15) is 13.2 Å². The molecule has 1 aliphatic heterocycles. The van der Waals surface area contributed by atoms with Crippen LogP contribution in [0, 0.1) is 0 Å². The summed E-state index contributed by atoms with van der Waals surface area (Å²) in [7, 11) is -3.41. The number of carbonyl (C=O) groups excluding carboxylic acids is 1. The molecular formula is C20H31N3O3S. The Hall–Kier alpha value is -1.44. The highest BCUT2D eigenvalue weighted by molar-refractivity contribution is 7.86. The molecule has 0 spiro atoms. The summed E-state index contributed by atoms with van der Waals surface area (Å²) in [5.41, 5.74) is 3.88. The second kappa shape index (κ2) is 8.71. The van der Waals surface area contributed by atoms with Crippen molar-refractivity contribution in [1.29, 1.82) is 0 Å². The summed E-state index contributed by atoms with van der Waals surface area (Å²) in [4.78, 5) is 14.5. The van der Waals surface area contributed by atoms with Crippen LogP contribution in [-0.4, -0.2) is 67.1 Å². The maximum Gasteiger partial charge on any atom is 0.282 e. The molecule has 6 nitrogen and oxygen atoms in total. The molecule has 150 valence electrons. The van der Waals surface area contributed by atoms with Crippen molar-refractivity contribution in [2.24, 2.45) is 0 Å². The first-order chi connectivity index (χ1) is 13.0. The molecule has 1 heterocycles. The molecule has 1 saturated heterocycles. The van der Waals surface area contributed by atoms with E-state index in [1.807, 2.05) is 13.8 Å². The van der Waals surface area contributed by atoms with Crippen LogP contribution < -0.4 is 0 Å². The lowest BCUT2D eigenvalue weighted by Crippen LogP contribution is -2.54. The summed E-state index contributed by atoms with van der Waals surface area (Å²) in [5.74, 6) is 0.0886. The van der Waals surface area contributed by atoms with E-state index in [1.165, 1.54) is 32.6 Å². The number of rotatable bonds is 6. The Morgan fingerprint density at radius 1 is 1.00 bits per heavy atom. The third-order valence-corrected chi connectivity index (χ3v) is 7.90. The van der Waals surface area contributed by atoms with E-state index >= 15 is 0 Å². The van der Waals surface area contributed by atoms with Gasteiger partial charge < -0.3 is 4.90 Å². The van der Waals surface area contributed by atoms with Crippen LogP contribution in [0.15, 0.2) is 18.2 Å². The fourth-order valence-electron chi connectivity index (χ4n) is 4.06. The first-order valence-electron chi connectivity index (χ1n) is 10.1. The molecule has 2 aliphatic rings. The van der Waals surface area contributed by atoms with E-state index in [1.54, 1.807) is 4.90 Å². The summed E-state index contributed by atoms with van der Waals surface area (Å²) in [5, 5.41) is 0. The minimum absolute atomic E-state index is 0.0886. The molecule has 1 amide bonds. The summed E-state index contributed by atoms with van der Waals surface area (Å²) in [6.45, 7) is 6.30. The van der Waals surface area contributed by atoms with Crippen molar-refractivity contribution in [1.82, 2.24) is 13.5 Å². The van der Waals surface area contributed by atoms with E-state index in [2.05, 4.69) is 18.2 Å². The zero-order chi connectivity index (χ0) is 19.4. The van der Waals surface area contributed by atoms with Gasteiger partial charge in [-0.05, 0) is 42.4 Å². The standard InChI is InChI=1S/C20H31N3O3S/c1-3-22(4-2)27(25,26)23-13-11-21(12-14-23)20(24)16-17-9-10-18-7-5-6-8-19(18)15-17/h9-10,15H,3-8,11-14,16H2,1-2H3. The molecule has 7 heteroatoms. The molecule has 1 aliphatic carbocycles. The number of hydrogen-bond donors (Lipinski definition) is 0. The fourth-order valence-corrected chi connectivity index (χ4v) is 5.67. The minimum Gasteiger partial charge on any atom is -0.340 e. The number of aryl methyl sites for hydroxylation is 2. The minimum atomic E-state index is -3.41. The molecule has 1 aromatic carbocycles. The van der Waals surface area contributed by atoms with E-state index in [-0.39, 0.29) is 5.91 Å². The Labute approximate surface area is 163 Å². The van der Waals surface area contributed by atoms with E-state index in [4.69, 9.17) is 0 Å². The Balaban J connectivity index is 1.57. The van der Waals surface area contributed by atoms with Gasteiger partial charge in [-0.15, -0.1) is 0 Å². The van der Waals surface area contributed by atoms with Crippen LogP contribution in [0.5, 0.6) is 0 Å². The Morgan fingerprint density at radius 3 is 2.26 bits per heavy atom. The first-order valence-corrected chi connectivity index (χ1v) is 11.5. The number of carbonyl (C=O) groups is 1. The van der Waals surface area contributed by atoms with Crippen LogP contribution in [0.3, 0.4) is 0 Å². The van der Waals surface area contributed by atoms with Crippen LogP contribution in [-0.2, 0) is 34.3 Å². The molecule has 27 heavy (non-hydrogen) atoms. The molecule has 0 aromatic heterocycles. The lowest BCUT2D eigenvalue weighted by Gasteiger charge is -2.36. The zero-order valence-electron chi connectivity index (χ0n) is 16.5. The molecule has 0 saturated carbocycles. The topological polar surface area (TPSA) is 60.9 Å². The molecule has 0 bridgehead atoms. The first kappa shape index (κ1) is 20.3. The molecule has 3 rings (SSSR count). The van der Waals surface area contributed by atoms with Gasteiger partial charge in [-0.2, -0.15) is 17.0 Å². The highest BCUT2D eigenvalue weighted by Gasteiger charge is 2.32. The van der Waals surface area contributed by atoms with Crippen LogP contribution in [0.25, 0.3) is 0 Å². The van der Waals surface area contributed by atoms with Gasteiger partial charge >= 0.3 is 0 Å². The largest absolute Gasteiger partial charge is 0.340 e. The van der Waals surface area contributed by atoms with E-state index in [0.717, 1.165) is 18.4 Å². The monoisotopic (exact) mass is 393 g/mol. The van der Waals surface area contributed by atoms with Gasteiger partial charge in [-0.3, -0.25) is 4.79 Å². The fraction of sp³-hybridized carbons (Fsp3) is 0.650. The number of nitrogens with zero attached hydrogens (tertiary/aromatic N) is 3. The van der Waals surface area contributed by atoms with Crippen molar-refractivity contribution >= 4 is 16.1 Å². The summed E-state index contributed by atoms with van der Waals surface area (Å²) >= 11 is 0. The van der Waals surface area contributed by atoms with Gasteiger partial charge in [0, 0.05) is 39.3 Å². The third kappa shape index (κ3) is 4.52. The van der Waals surface area contributed by atoms with Crippen LogP contribution >= 0.6 is 0 Å². The van der Waals surface area contributed by atoms with Gasteiger partial charge in [-0.25, -0.2) is 0 Å². The number of hydrogen-bond acceptors (Lipinski definition) is 3. The summed E-state index contributed by atoms with van der Waals surface area (Å²) in [6, 6.07) is 6.43. The second-order valence-electron chi connectivity index (χ2n) is 7.36. The normalized spacial score (nSPS) is 18.6. The van der Waals surface area contributed by atoms with Crippen LogP contribution in [0.2, 0.25) is 0 Å². The molecule has 0 radical (unpaired) electrons. The van der Waals surface area contributed by atoms with Crippen molar-refractivity contribution in [3.8, 4) is 0 Å². The van der Waals surface area contributed by atoms with Crippen molar-refractivity contribution < 1.29 is 13.2 Å². The average Bonchev–Trinajstić information content (AvgIpc) is 2.68. The van der Waals surface area contributed by atoms with Crippen LogP contribution in [0.1, 0.15) is 43.4 Å². The van der Waals surface area contributed by atoms with E-state index < -0.39 is 10.2 Å². The van der Waals surface area contributed by atoms with Gasteiger partial charge in [0.2, 0.25) is 5.91 Å². The quantitative estimate of drug-likeness (QED) is 0.741. The Morgan fingerprint density at radius 2 is 1.63 bits per heavy atom. The van der Waals surface area contributed by atoms with Gasteiger partial charge in [0.15, 0.2) is 0 Å². The average molecular weight is 394 g/mol. The summed E-state index contributed by atoms with van der Waals surface area (Å²) < 4.78 is 28.2. The highest BCUT2D eigenvalue weighted by Crippen LogP contribution is 2.23. The predicted octanol–water partition coefficient (Wildman–Crippen LogP) is 1.84. The Kier molecular flexibility index (Phi) is 6.55. The predicted molar refractivity (Wildman–Crippen MR) is 107 cm³/mol. The maximum atomic E-state index is 12.7. The molecule has 1 fully saturated rings. The molecule has 0 atom stereocenters. The molecule has 0 N–H and O–H groups in total. The van der Waals surface area contributed by atoms with Crippen LogP contribution in [0.4, 0.5) is 0 Å². The SMILES string of the molecule is CCN(CC)S(=O)(=O)N1CCN(C(=O)Cc2ccc3c(c2)CCCC3)CC1. The van der Waals surface area contributed by atoms with Gasteiger partial charge in [-0.1, -0.05) is 32.0 Å². The lowest BCUT2D eigenvalue weighted by molar-refractivity contribution is -0.131. The summed E-state index contributed by atoms with van der Waals surface area (Å²) in [6.07, 6.45) is 5.14. The van der Waals surface area contributed by atoms with Crippen molar-refractivity contribution in [2.75, 3.05) is 39.3 Å². The number of fused-ring (bicyclic) bond motifs is 1. The lowest BCUT2D eigenvalue weighted by atomic mass is 9.90. The molecule has 0 unspecified atom stereocenters. The highest BCUT2D eigenvalue weighted by atomic mass is 32.2. The van der Waals surface area contributed by atoms with Gasteiger partial charge in [0.1, 0.15) is 0 Å². The zero-order valence-corrected chi connectivity index (χ0v) is 17.3. The Bertz CT molecular complexity index is 767. The van der Waals surface area contributed by atoms with Gasteiger partial charge in [0.05, 0.1) is 6.42 Å². The number of piperazine rings is 1. The van der Waals surface area contributed by atoms with Crippen molar-refractivity contribution in [3.05, 3.63) is 34.9 Å². The molecule has 1 aromatic rings. The number of amides is 1. The maximum absolute atomic E-state index is 12.7. The van der Waals surface area contributed by atoms with Crippen molar-refractivity contribution in [2.45, 2.75) is 46.0 Å². The smallest absolute Gasteiger partial charge is 0.282 e. The second-order valence-corrected chi connectivity index (χ2v) is 9.29. The van der Waals surface area contributed by atoms with Crippen molar-refractivity contribution in [3.63, 3.8) is 0 Å². The third-order valence-electron chi connectivity index (χ3n) is 5.72.